The van der Waals surface area contributed by atoms with Gasteiger partial charge in [0.25, 0.3) is 0 Å². The second kappa shape index (κ2) is 10.8. The summed E-state index contributed by atoms with van der Waals surface area (Å²) in [6, 6.07) is 11.1. The lowest BCUT2D eigenvalue weighted by Gasteiger charge is -2.12. The average molecular weight is 542 g/mol. The lowest BCUT2D eigenvalue weighted by Crippen LogP contribution is -2.36. The molecular weight excluding hydrogens is 520 g/mol. The number of halogens is 4. The van der Waals surface area contributed by atoms with Gasteiger partial charge in [0.05, 0.1) is 17.0 Å². The van der Waals surface area contributed by atoms with Crippen LogP contribution in [-0.4, -0.2) is 20.9 Å². The van der Waals surface area contributed by atoms with Crippen molar-refractivity contribution in [3.05, 3.63) is 65.2 Å². The monoisotopic (exact) mass is 542 g/mol. The summed E-state index contributed by atoms with van der Waals surface area (Å²) in [4.78, 5) is 4.28. The normalized spacial score (nSPS) is 12.2. The molecule has 0 radical (unpaired) electrons. The van der Waals surface area contributed by atoms with E-state index in [9.17, 15) is 21.6 Å². The molecule has 2 rings (SSSR count). The number of alkyl halides is 3. The molecule has 0 heterocycles. The number of hydrogen-bond acceptors (Lipinski definition) is 3. The van der Waals surface area contributed by atoms with Gasteiger partial charge in [0.1, 0.15) is 0 Å². The van der Waals surface area contributed by atoms with Crippen LogP contribution in [0.3, 0.4) is 0 Å². The van der Waals surface area contributed by atoms with Crippen LogP contribution < -0.4 is 15.8 Å². The lowest BCUT2D eigenvalue weighted by molar-refractivity contribution is -0.137. The predicted molar refractivity (Wildman–Crippen MR) is 116 cm³/mol. The van der Waals surface area contributed by atoms with Gasteiger partial charge in [-0.25, -0.2) is 18.5 Å². The number of guanidine groups is 1. The molecule has 4 N–H and O–H groups in total. The van der Waals surface area contributed by atoms with Crippen molar-refractivity contribution in [2.24, 2.45) is 10.1 Å². The van der Waals surface area contributed by atoms with Gasteiger partial charge in [-0.2, -0.15) is 13.2 Å². The van der Waals surface area contributed by atoms with E-state index in [1.54, 1.807) is 18.2 Å². The predicted octanol–water partition coefficient (Wildman–Crippen LogP) is 3.23. The molecule has 0 fully saturated rings. The Morgan fingerprint density at radius 1 is 1.07 bits per heavy atom. The Balaban J connectivity index is 0.00000420. The van der Waals surface area contributed by atoms with E-state index >= 15 is 0 Å². The summed E-state index contributed by atoms with van der Waals surface area (Å²) >= 11 is 0. The highest BCUT2D eigenvalue weighted by Gasteiger charge is 2.30. The third-order valence-corrected chi connectivity index (χ3v) is 4.62. The maximum absolute atomic E-state index is 12.8. The maximum Gasteiger partial charge on any atom is 0.416 e. The van der Waals surface area contributed by atoms with E-state index in [0.717, 1.165) is 12.1 Å². The quantitative estimate of drug-likeness (QED) is 0.297. The fraction of sp³-hybridized carbons (Fsp3) is 0.278. The summed E-state index contributed by atoms with van der Waals surface area (Å²) in [7, 11) is -3.80. The molecule has 0 aliphatic carbocycles. The molecule has 0 amide bonds. The Morgan fingerprint density at radius 3 is 2.34 bits per heavy atom. The number of rotatable bonds is 6. The van der Waals surface area contributed by atoms with Crippen LogP contribution in [0, 0.1) is 0 Å². The zero-order valence-electron chi connectivity index (χ0n) is 15.5. The Morgan fingerprint density at radius 2 is 1.72 bits per heavy atom. The first-order valence-electron chi connectivity index (χ1n) is 8.39. The van der Waals surface area contributed by atoms with Crippen LogP contribution in [0.5, 0.6) is 0 Å². The van der Waals surface area contributed by atoms with Gasteiger partial charge in [-0.05, 0) is 42.3 Å². The topological polar surface area (TPSA) is 96.6 Å². The largest absolute Gasteiger partial charge is 0.416 e. The minimum Gasteiger partial charge on any atom is -0.357 e. The third-order valence-electron chi connectivity index (χ3n) is 3.71. The molecular formula is C18H22F3IN4O2S. The highest BCUT2D eigenvalue weighted by atomic mass is 127. The Labute approximate surface area is 184 Å². The van der Waals surface area contributed by atoms with Gasteiger partial charge in [0, 0.05) is 13.1 Å². The van der Waals surface area contributed by atoms with Gasteiger partial charge < -0.3 is 10.6 Å². The molecule has 0 aliphatic heterocycles. The molecule has 0 aromatic heterocycles. The number of hydrogen-bond donors (Lipinski definition) is 3. The Bertz CT molecular complexity index is 950. The molecule has 2 aromatic rings. The first kappa shape index (κ1) is 25.2. The average Bonchev–Trinajstić information content (AvgIpc) is 2.63. The van der Waals surface area contributed by atoms with Crippen molar-refractivity contribution in [3.63, 3.8) is 0 Å². The first-order chi connectivity index (χ1) is 13.1. The molecule has 2 aromatic carbocycles. The van der Waals surface area contributed by atoms with Crippen LogP contribution in [0.4, 0.5) is 13.2 Å². The van der Waals surface area contributed by atoms with Crippen LogP contribution in [0.1, 0.15) is 23.6 Å². The molecule has 0 unspecified atom stereocenters. The molecule has 11 heteroatoms. The van der Waals surface area contributed by atoms with Crippen molar-refractivity contribution in [2.75, 3.05) is 6.54 Å². The van der Waals surface area contributed by atoms with Gasteiger partial charge >= 0.3 is 6.18 Å². The summed E-state index contributed by atoms with van der Waals surface area (Å²) in [6.45, 7) is 2.71. The lowest BCUT2D eigenvalue weighted by atomic mass is 10.1. The standard InChI is InChI=1S/C18H21F3N4O2S.HI/c1-2-23-17(24-11-13-5-3-7-15(9-13)18(19,20)21)25-12-14-6-4-8-16(10-14)28(22,26)27;/h3-10H,2,11-12H2,1H3,(H2,22,26,27)(H2,23,24,25);1H. The highest BCUT2D eigenvalue weighted by molar-refractivity contribution is 14.0. The fourth-order valence-corrected chi connectivity index (χ4v) is 2.96. The molecule has 29 heavy (non-hydrogen) atoms. The number of nitrogens with one attached hydrogen (secondary N) is 2. The smallest absolute Gasteiger partial charge is 0.357 e. The zero-order chi connectivity index (χ0) is 20.8. The minimum absolute atomic E-state index is 0. The summed E-state index contributed by atoms with van der Waals surface area (Å²) in [6.07, 6.45) is -4.41. The number of nitrogens with zero attached hydrogens (tertiary/aromatic N) is 1. The van der Waals surface area contributed by atoms with E-state index in [4.69, 9.17) is 5.14 Å². The van der Waals surface area contributed by atoms with Crippen LogP contribution in [0.2, 0.25) is 0 Å². The number of benzene rings is 2. The van der Waals surface area contributed by atoms with E-state index in [1.807, 2.05) is 6.92 Å². The van der Waals surface area contributed by atoms with Crippen molar-refractivity contribution in [1.82, 2.24) is 10.6 Å². The molecule has 6 nitrogen and oxygen atoms in total. The highest BCUT2D eigenvalue weighted by Crippen LogP contribution is 2.29. The summed E-state index contributed by atoms with van der Waals surface area (Å²) in [5.41, 5.74) is 0.359. The third kappa shape index (κ3) is 8.19. The molecule has 0 spiro atoms. The Hall–Kier alpha value is -1.86. The van der Waals surface area contributed by atoms with Gasteiger partial charge in [-0.15, -0.1) is 24.0 Å². The molecule has 160 valence electrons. The Kier molecular flexibility index (Phi) is 9.36. The van der Waals surface area contributed by atoms with E-state index < -0.39 is 21.8 Å². The van der Waals surface area contributed by atoms with Crippen molar-refractivity contribution < 1.29 is 21.6 Å². The number of primary sulfonamides is 1. The number of nitrogens with two attached hydrogens (primary N) is 1. The molecule has 0 saturated heterocycles. The van der Waals surface area contributed by atoms with Crippen molar-refractivity contribution in [2.45, 2.75) is 31.1 Å². The number of aliphatic imine (C=N–C) groups is 1. The van der Waals surface area contributed by atoms with Crippen molar-refractivity contribution in [1.29, 1.82) is 0 Å². The van der Waals surface area contributed by atoms with Gasteiger partial charge in [0.2, 0.25) is 10.0 Å². The van der Waals surface area contributed by atoms with Crippen LogP contribution in [0.15, 0.2) is 58.4 Å². The van der Waals surface area contributed by atoms with E-state index in [2.05, 4.69) is 15.6 Å². The van der Waals surface area contributed by atoms with E-state index in [0.29, 0.717) is 23.6 Å². The summed E-state index contributed by atoms with van der Waals surface area (Å²) in [5, 5.41) is 11.1. The van der Waals surface area contributed by atoms with E-state index in [-0.39, 0.29) is 42.0 Å². The minimum atomic E-state index is -4.41. The van der Waals surface area contributed by atoms with Crippen molar-refractivity contribution in [3.8, 4) is 0 Å². The van der Waals surface area contributed by atoms with Crippen LogP contribution >= 0.6 is 24.0 Å². The first-order valence-corrected chi connectivity index (χ1v) is 9.94. The summed E-state index contributed by atoms with van der Waals surface area (Å²) < 4.78 is 61.2. The zero-order valence-corrected chi connectivity index (χ0v) is 18.7. The fourth-order valence-electron chi connectivity index (χ4n) is 2.38. The number of sulfonamides is 1. The second-order valence-corrected chi connectivity index (χ2v) is 7.50. The van der Waals surface area contributed by atoms with Gasteiger partial charge in [0.15, 0.2) is 5.96 Å². The summed E-state index contributed by atoms with van der Waals surface area (Å²) in [5.74, 6) is 0.390. The molecule has 0 aliphatic rings. The van der Waals surface area contributed by atoms with E-state index in [1.165, 1.54) is 18.2 Å². The van der Waals surface area contributed by atoms with Crippen molar-refractivity contribution >= 4 is 40.0 Å². The van der Waals surface area contributed by atoms with Crippen LogP contribution in [0.25, 0.3) is 0 Å². The van der Waals surface area contributed by atoms with Crippen LogP contribution in [-0.2, 0) is 29.3 Å². The van der Waals surface area contributed by atoms with Gasteiger partial charge in [-0.1, -0.05) is 24.3 Å². The van der Waals surface area contributed by atoms with Gasteiger partial charge in [-0.3, -0.25) is 0 Å². The molecule has 0 saturated carbocycles. The SMILES string of the molecule is CCNC(=NCc1cccc(C(F)(F)F)c1)NCc1cccc(S(N)(=O)=O)c1.I. The molecule has 0 bridgehead atoms. The maximum atomic E-state index is 12.8. The molecule has 0 atom stereocenters. The second-order valence-electron chi connectivity index (χ2n) is 5.94.